The highest BCUT2D eigenvalue weighted by Crippen LogP contribution is 2.43. The van der Waals surface area contributed by atoms with E-state index in [9.17, 15) is 0 Å². The van der Waals surface area contributed by atoms with E-state index in [0.717, 1.165) is 17.9 Å². The highest BCUT2D eigenvalue weighted by Gasteiger charge is 2.32. The number of nitrogens with zero attached hydrogens (tertiary/aromatic N) is 2. The first-order valence-corrected chi connectivity index (χ1v) is 8.03. The highest BCUT2D eigenvalue weighted by molar-refractivity contribution is 5.41. The number of imidazole rings is 1. The molecule has 2 fully saturated rings. The van der Waals surface area contributed by atoms with Crippen molar-refractivity contribution in [3.8, 4) is 0 Å². The van der Waals surface area contributed by atoms with E-state index in [1.807, 2.05) is 0 Å². The summed E-state index contributed by atoms with van der Waals surface area (Å²) in [6.07, 6.45) is 10.3. The minimum atomic E-state index is 0.629. The summed E-state index contributed by atoms with van der Waals surface area (Å²) in [5.74, 6) is 3.58. The van der Waals surface area contributed by atoms with Crippen LogP contribution in [0, 0.1) is 5.92 Å². The molecule has 2 aliphatic carbocycles. The first-order chi connectivity index (χ1) is 9.16. The summed E-state index contributed by atoms with van der Waals surface area (Å²) < 4.78 is 2.40. The molecule has 3 rings (SSSR count). The number of anilines is 1. The lowest BCUT2D eigenvalue weighted by Gasteiger charge is -2.22. The van der Waals surface area contributed by atoms with E-state index in [1.165, 1.54) is 50.8 Å². The van der Waals surface area contributed by atoms with Crippen LogP contribution in [0.15, 0.2) is 0 Å². The van der Waals surface area contributed by atoms with Gasteiger partial charge in [-0.1, -0.05) is 33.1 Å². The minimum absolute atomic E-state index is 0.629. The Morgan fingerprint density at radius 2 is 1.84 bits per heavy atom. The zero-order valence-electron chi connectivity index (χ0n) is 12.4. The first-order valence-electron chi connectivity index (χ1n) is 8.03. The van der Waals surface area contributed by atoms with E-state index < -0.39 is 0 Å². The Morgan fingerprint density at radius 1 is 1.16 bits per heavy atom. The average molecular weight is 261 g/mol. The van der Waals surface area contributed by atoms with Gasteiger partial charge in [-0.2, -0.15) is 0 Å². The van der Waals surface area contributed by atoms with E-state index in [1.54, 1.807) is 0 Å². The highest BCUT2D eigenvalue weighted by atomic mass is 15.2. The monoisotopic (exact) mass is 261 g/mol. The average Bonchev–Trinajstić information content (AvgIpc) is 3.17. The molecule has 2 saturated carbocycles. The molecule has 0 bridgehead atoms. The number of aromatic nitrogens is 2. The third-order valence-corrected chi connectivity index (χ3v) is 4.54. The fourth-order valence-corrected chi connectivity index (χ4v) is 3.41. The summed E-state index contributed by atoms with van der Waals surface area (Å²) in [6, 6.07) is 0.658. The lowest BCUT2D eigenvalue weighted by atomic mass is 9.88. The van der Waals surface area contributed by atoms with Crippen LogP contribution in [-0.2, 0) is 6.42 Å². The number of nitrogen functional groups attached to an aromatic ring is 1. The molecule has 0 aromatic carbocycles. The number of hydrogen-bond donors (Lipinski definition) is 1. The molecule has 0 aliphatic heterocycles. The predicted octanol–water partition coefficient (Wildman–Crippen LogP) is 4.05. The Bertz CT molecular complexity index is 437. The van der Waals surface area contributed by atoms with Crippen LogP contribution in [0.1, 0.15) is 82.3 Å². The van der Waals surface area contributed by atoms with Crippen molar-refractivity contribution >= 4 is 5.82 Å². The van der Waals surface area contributed by atoms with E-state index in [2.05, 4.69) is 18.4 Å². The number of rotatable bonds is 4. The van der Waals surface area contributed by atoms with Crippen LogP contribution in [-0.4, -0.2) is 9.55 Å². The standard InChI is InChI=1S/C16H27N3/c1-11(2)10-14-15(17)19(13-8-9-13)16(18-14)12-6-4-3-5-7-12/h11-13H,3-10,17H2,1-2H3. The maximum absolute atomic E-state index is 6.40. The molecule has 0 atom stereocenters. The van der Waals surface area contributed by atoms with Gasteiger partial charge in [0.1, 0.15) is 11.6 Å². The normalized spacial score (nSPS) is 21.2. The molecule has 19 heavy (non-hydrogen) atoms. The van der Waals surface area contributed by atoms with Crippen molar-refractivity contribution in [1.29, 1.82) is 0 Å². The van der Waals surface area contributed by atoms with Gasteiger partial charge in [0.15, 0.2) is 0 Å². The minimum Gasteiger partial charge on any atom is -0.384 e. The Balaban J connectivity index is 1.92. The molecule has 0 radical (unpaired) electrons. The van der Waals surface area contributed by atoms with Gasteiger partial charge in [0, 0.05) is 12.0 Å². The molecule has 1 aromatic heterocycles. The Labute approximate surface area is 116 Å². The van der Waals surface area contributed by atoms with Crippen LogP contribution in [0.3, 0.4) is 0 Å². The van der Waals surface area contributed by atoms with Gasteiger partial charge >= 0.3 is 0 Å². The topological polar surface area (TPSA) is 43.8 Å². The van der Waals surface area contributed by atoms with Crippen molar-refractivity contribution in [2.24, 2.45) is 5.92 Å². The van der Waals surface area contributed by atoms with Crippen molar-refractivity contribution in [3.63, 3.8) is 0 Å². The molecule has 0 amide bonds. The third-order valence-electron chi connectivity index (χ3n) is 4.54. The second kappa shape index (κ2) is 5.18. The van der Waals surface area contributed by atoms with E-state index in [4.69, 9.17) is 10.7 Å². The van der Waals surface area contributed by atoms with E-state index in [0.29, 0.717) is 17.9 Å². The molecule has 0 unspecified atom stereocenters. The fraction of sp³-hybridized carbons (Fsp3) is 0.812. The number of hydrogen-bond acceptors (Lipinski definition) is 2. The SMILES string of the molecule is CC(C)Cc1nc(C2CCCCC2)n(C2CC2)c1N. The van der Waals surface area contributed by atoms with Gasteiger partial charge < -0.3 is 10.3 Å². The molecule has 106 valence electrons. The summed E-state index contributed by atoms with van der Waals surface area (Å²) in [7, 11) is 0. The van der Waals surface area contributed by atoms with Crippen molar-refractivity contribution in [2.45, 2.75) is 77.2 Å². The summed E-state index contributed by atoms with van der Waals surface area (Å²) in [6.45, 7) is 4.49. The fourth-order valence-electron chi connectivity index (χ4n) is 3.41. The van der Waals surface area contributed by atoms with Gasteiger partial charge in [-0.25, -0.2) is 4.98 Å². The zero-order chi connectivity index (χ0) is 13.4. The molecular weight excluding hydrogens is 234 g/mol. The van der Waals surface area contributed by atoms with Crippen molar-refractivity contribution < 1.29 is 0 Å². The second-order valence-corrected chi connectivity index (χ2v) is 6.84. The molecule has 3 nitrogen and oxygen atoms in total. The third kappa shape index (κ3) is 2.65. The van der Waals surface area contributed by atoms with Crippen LogP contribution < -0.4 is 5.73 Å². The lowest BCUT2D eigenvalue weighted by molar-refractivity contribution is 0.416. The summed E-state index contributed by atoms with van der Waals surface area (Å²) in [5.41, 5.74) is 7.56. The van der Waals surface area contributed by atoms with Crippen LogP contribution in [0.2, 0.25) is 0 Å². The van der Waals surface area contributed by atoms with Gasteiger partial charge in [-0.05, 0) is 38.0 Å². The Hall–Kier alpha value is -0.990. The molecule has 2 aliphatic rings. The quantitative estimate of drug-likeness (QED) is 0.888. The van der Waals surface area contributed by atoms with E-state index in [-0.39, 0.29) is 0 Å². The molecular formula is C16H27N3. The summed E-state index contributed by atoms with van der Waals surface area (Å²) in [4.78, 5) is 4.97. The van der Waals surface area contributed by atoms with Gasteiger partial charge in [-0.15, -0.1) is 0 Å². The van der Waals surface area contributed by atoms with Crippen molar-refractivity contribution in [3.05, 3.63) is 11.5 Å². The number of nitrogens with two attached hydrogens (primary N) is 1. The van der Waals surface area contributed by atoms with Crippen molar-refractivity contribution in [2.75, 3.05) is 5.73 Å². The second-order valence-electron chi connectivity index (χ2n) is 6.84. The summed E-state index contributed by atoms with van der Waals surface area (Å²) in [5, 5.41) is 0. The maximum Gasteiger partial charge on any atom is 0.127 e. The van der Waals surface area contributed by atoms with E-state index >= 15 is 0 Å². The van der Waals surface area contributed by atoms with Crippen LogP contribution in [0.25, 0.3) is 0 Å². The molecule has 0 spiro atoms. The predicted molar refractivity (Wildman–Crippen MR) is 79.3 cm³/mol. The maximum atomic E-state index is 6.40. The van der Waals surface area contributed by atoms with Gasteiger partial charge in [0.2, 0.25) is 0 Å². The molecule has 1 aromatic rings. The Morgan fingerprint density at radius 3 is 2.42 bits per heavy atom. The molecule has 3 heteroatoms. The lowest BCUT2D eigenvalue weighted by Crippen LogP contribution is -2.12. The first kappa shape index (κ1) is 13.0. The molecule has 2 N–H and O–H groups in total. The molecule has 1 heterocycles. The van der Waals surface area contributed by atoms with Crippen LogP contribution in [0.5, 0.6) is 0 Å². The zero-order valence-corrected chi connectivity index (χ0v) is 12.4. The van der Waals surface area contributed by atoms with Crippen LogP contribution in [0.4, 0.5) is 5.82 Å². The smallest absolute Gasteiger partial charge is 0.127 e. The Kier molecular flexibility index (Phi) is 3.55. The largest absolute Gasteiger partial charge is 0.384 e. The van der Waals surface area contributed by atoms with Gasteiger partial charge in [-0.3, -0.25) is 0 Å². The van der Waals surface area contributed by atoms with Crippen LogP contribution >= 0.6 is 0 Å². The van der Waals surface area contributed by atoms with Gasteiger partial charge in [0.25, 0.3) is 0 Å². The van der Waals surface area contributed by atoms with Crippen molar-refractivity contribution in [1.82, 2.24) is 9.55 Å². The van der Waals surface area contributed by atoms with Gasteiger partial charge in [0.05, 0.1) is 5.69 Å². The molecule has 0 saturated heterocycles. The summed E-state index contributed by atoms with van der Waals surface area (Å²) >= 11 is 0.